The van der Waals surface area contributed by atoms with E-state index in [1.165, 1.54) is 0 Å². The number of quaternary nitrogens is 1. The highest BCUT2D eigenvalue weighted by molar-refractivity contribution is 6.30. The predicted molar refractivity (Wildman–Crippen MR) is 72.8 cm³/mol. The third-order valence-corrected chi connectivity index (χ3v) is 3.55. The molecular weight excluding hydrogens is 250 g/mol. The summed E-state index contributed by atoms with van der Waals surface area (Å²) in [5.74, 6) is 0.979. The molecule has 0 unspecified atom stereocenters. The minimum Gasteiger partial charge on any atom is -0.487 e. The number of nitrogens with one attached hydrogen (secondary N) is 1. The first kappa shape index (κ1) is 13.7. The largest absolute Gasteiger partial charge is 0.487 e. The van der Waals surface area contributed by atoms with Crippen LogP contribution >= 0.6 is 11.6 Å². The Morgan fingerprint density at radius 2 is 1.83 bits per heavy atom. The normalized spacial score (nSPS) is 16.8. The molecule has 0 atom stereocenters. The Labute approximate surface area is 114 Å². The van der Waals surface area contributed by atoms with Gasteiger partial charge in [-0.2, -0.15) is 0 Å². The third-order valence-electron chi connectivity index (χ3n) is 3.33. The van der Waals surface area contributed by atoms with Gasteiger partial charge in [0.25, 0.3) is 0 Å². The number of benzene rings is 1. The number of aryl methyl sites for hydroxylation is 2. The number of halogens is 1. The standard InChI is InChI=1S/C14H20ClNO2/c1-11-9-13(15)10-12(2)14(11)18-8-5-16-3-6-17-7-4-16/h9-10H,3-8H2,1-2H3/p+1. The fourth-order valence-electron chi connectivity index (χ4n) is 2.33. The number of rotatable bonds is 4. The Bertz CT molecular complexity index is 380. The number of hydrogen-bond donors (Lipinski definition) is 1. The van der Waals surface area contributed by atoms with E-state index in [9.17, 15) is 0 Å². The lowest BCUT2D eigenvalue weighted by Gasteiger charge is -2.24. The van der Waals surface area contributed by atoms with Gasteiger partial charge in [-0.3, -0.25) is 0 Å². The van der Waals surface area contributed by atoms with E-state index in [4.69, 9.17) is 21.1 Å². The summed E-state index contributed by atoms with van der Waals surface area (Å²) >= 11 is 6.00. The van der Waals surface area contributed by atoms with E-state index in [0.29, 0.717) is 0 Å². The van der Waals surface area contributed by atoms with Crippen molar-refractivity contribution in [1.82, 2.24) is 0 Å². The average molecular weight is 271 g/mol. The van der Waals surface area contributed by atoms with Gasteiger partial charge in [-0.25, -0.2) is 0 Å². The molecule has 3 nitrogen and oxygen atoms in total. The lowest BCUT2D eigenvalue weighted by molar-refractivity contribution is -0.908. The molecule has 1 aromatic rings. The minimum atomic E-state index is 0.749. The van der Waals surface area contributed by atoms with Crippen LogP contribution in [0.15, 0.2) is 12.1 Å². The molecule has 1 aromatic carbocycles. The first-order valence-corrected chi connectivity index (χ1v) is 6.85. The Hall–Kier alpha value is -0.770. The molecule has 1 N–H and O–H groups in total. The molecule has 0 radical (unpaired) electrons. The van der Waals surface area contributed by atoms with Crippen LogP contribution in [0.4, 0.5) is 0 Å². The maximum atomic E-state index is 6.00. The second-order valence-electron chi connectivity index (χ2n) is 4.83. The molecular formula is C14H21ClNO2+. The highest BCUT2D eigenvalue weighted by Crippen LogP contribution is 2.26. The third kappa shape index (κ3) is 3.61. The van der Waals surface area contributed by atoms with Crippen LogP contribution in [0.3, 0.4) is 0 Å². The van der Waals surface area contributed by atoms with Gasteiger partial charge in [0.15, 0.2) is 0 Å². The van der Waals surface area contributed by atoms with E-state index in [1.54, 1.807) is 4.90 Å². The molecule has 1 saturated heterocycles. The van der Waals surface area contributed by atoms with Crippen LogP contribution < -0.4 is 9.64 Å². The van der Waals surface area contributed by atoms with E-state index < -0.39 is 0 Å². The molecule has 0 aromatic heterocycles. The van der Waals surface area contributed by atoms with Crippen molar-refractivity contribution >= 4 is 11.6 Å². The summed E-state index contributed by atoms with van der Waals surface area (Å²) in [6.45, 7) is 9.77. The topological polar surface area (TPSA) is 22.9 Å². The van der Waals surface area contributed by atoms with Crippen molar-refractivity contribution < 1.29 is 14.4 Å². The highest BCUT2D eigenvalue weighted by Gasteiger charge is 2.14. The van der Waals surface area contributed by atoms with Crippen molar-refractivity contribution in [3.63, 3.8) is 0 Å². The van der Waals surface area contributed by atoms with Crippen molar-refractivity contribution in [2.45, 2.75) is 13.8 Å². The fourth-order valence-corrected chi connectivity index (χ4v) is 2.66. The summed E-state index contributed by atoms with van der Waals surface area (Å²) in [7, 11) is 0. The Morgan fingerprint density at radius 1 is 1.22 bits per heavy atom. The van der Waals surface area contributed by atoms with Crippen molar-refractivity contribution in [1.29, 1.82) is 0 Å². The molecule has 18 heavy (non-hydrogen) atoms. The van der Waals surface area contributed by atoms with Gasteiger partial charge in [0, 0.05) is 5.02 Å². The number of ether oxygens (including phenoxy) is 2. The zero-order chi connectivity index (χ0) is 13.0. The fraction of sp³-hybridized carbons (Fsp3) is 0.571. The first-order chi connectivity index (χ1) is 8.66. The van der Waals surface area contributed by atoms with E-state index >= 15 is 0 Å². The molecule has 0 bridgehead atoms. The molecule has 2 rings (SSSR count). The average Bonchev–Trinajstić information content (AvgIpc) is 2.34. The molecule has 1 aliphatic heterocycles. The Morgan fingerprint density at radius 3 is 2.44 bits per heavy atom. The Kier molecular flexibility index (Phi) is 4.87. The van der Waals surface area contributed by atoms with Gasteiger partial charge in [0.2, 0.25) is 0 Å². The van der Waals surface area contributed by atoms with Crippen LogP contribution in [0.5, 0.6) is 5.75 Å². The van der Waals surface area contributed by atoms with Crippen LogP contribution in [0, 0.1) is 13.8 Å². The highest BCUT2D eigenvalue weighted by atomic mass is 35.5. The number of hydrogen-bond acceptors (Lipinski definition) is 2. The lowest BCUT2D eigenvalue weighted by atomic mass is 10.1. The van der Waals surface area contributed by atoms with Crippen LogP contribution in [0.1, 0.15) is 11.1 Å². The molecule has 0 aliphatic carbocycles. The van der Waals surface area contributed by atoms with Crippen molar-refractivity contribution in [2.75, 3.05) is 39.5 Å². The summed E-state index contributed by atoms with van der Waals surface area (Å²) in [6, 6.07) is 3.90. The SMILES string of the molecule is Cc1cc(Cl)cc(C)c1OCC[NH+]1CCOCC1. The van der Waals surface area contributed by atoms with Gasteiger partial charge in [-0.1, -0.05) is 11.6 Å². The van der Waals surface area contributed by atoms with Gasteiger partial charge in [-0.05, 0) is 37.1 Å². The second-order valence-corrected chi connectivity index (χ2v) is 5.27. The maximum absolute atomic E-state index is 6.00. The zero-order valence-electron chi connectivity index (χ0n) is 11.1. The summed E-state index contributed by atoms with van der Waals surface area (Å²) in [5.41, 5.74) is 2.22. The van der Waals surface area contributed by atoms with Crippen LogP contribution in [-0.2, 0) is 4.74 Å². The summed E-state index contributed by atoms with van der Waals surface area (Å²) in [5, 5.41) is 0.774. The zero-order valence-corrected chi connectivity index (χ0v) is 11.8. The molecule has 0 spiro atoms. The van der Waals surface area contributed by atoms with Crippen LogP contribution in [0.2, 0.25) is 5.02 Å². The van der Waals surface area contributed by atoms with Crippen molar-refractivity contribution in [2.24, 2.45) is 0 Å². The van der Waals surface area contributed by atoms with Gasteiger partial charge in [0.05, 0.1) is 13.2 Å². The first-order valence-electron chi connectivity index (χ1n) is 6.47. The van der Waals surface area contributed by atoms with Gasteiger partial charge < -0.3 is 14.4 Å². The minimum absolute atomic E-state index is 0.749. The summed E-state index contributed by atoms with van der Waals surface area (Å²) in [6.07, 6.45) is 0. The molecule has 1 aliphatic rings. The second kappa shape index (κ2) is 6.41. The van der Waals surface area contributed by atoms with Crippen molar-refractivity contribution in [3.05, 3.63) is 28.3 Å². The lowest BCUT2D eigenvalue weighted by Crippen LogP contribution is -3.14. The summed E-state index contributed by atoms with van der Waals surface area (Å²) in [4.78, 5) is 1.56. The molecule has 0 amide bonds. The van der Waals surface area contributed by atoms with E-state index in [1.807, 2.05) is 26.0 Å². The van der Waals surface area contributed by atoms with Gasteiger partial charge in [0.1, 0.15) is 32.0 Å². The maximum Gasteiger partial charge on any atom is 0.137 e. The quantitative estimate of drug-likeness (QED) is 0.890. The Balaban J connectivity index is 1.86. The summed E-state index contributed by atoms with van der Waals surface area (Å²) < 4.78 is 11.2. The van der Waals surface area contributed by atoms with Crippen LogP contribution in [0.25, 0.3) is 0 Å². The van der Waals surface area contributed by atoms with Gasteiger partial charge in [-0.15, -0.1) is 0 Å². The molecule has 4 heteroatoms. The van der Waals surface area contributed by atoms with Crippen LogP contribution in [-0.4, -0.2) is 39.5 Å². The van der Waals surface area contributed by atoms with E-state index in [-0.39, 0.29) is 0 Å². The predicted octanol–water partition coefficient (Wildman–Crippen LogP) is 1.25. The van der Waals surface area contributed by atoms with E-state index in [0.717, 1.165) is 61.4 Å². The molecule has 0 saturated carbocycles. The molecule has 100 valence electrons. The van der Waals surface area contributed by atoms with Gasteiger partial charge >= 0.3 is 0 Å². The molecule has 1 heterocycles. The smallest absolute Gasteiger partial charge is 0.137 e. The van der Waals surface area contributed by atoms with Crippen molar-refractivity contribution in [3.8, 4) is 5.75 Å². The monoisotopic (exact) mass is 270 g/mol. The van der Waals surface area contributed by atoms with E-state index in [2.05, 4.69) is 0 Å². The number of morpholine rings is 1. The molecule has 1 fully saturated rings.